The Morgan fingerprint density at radius 2 is 2.10 bits per heavy atom. The van der Waals surface area contributed by atoms with E-state index >= 15 is 4.39 Å². The predicted octanol–water partition coefficient (Wildman–Crippen LogP) is 5.06. The van der Waals surface area contributed by atoms with Crippen LogP contribution < -0.4 is 11.2 Å². The average molecular weight is 648 g/mol. The predicted molar refractivity (Wildman–Crippen MR) is 166 cm³/mol. The van der Waals surface area contributed by atoms with Gasteiger partial charge >= 0.3 is 11.8 Å². The van der Waals surface area contributed by atoms with Gasteiger partial charge in [-0.3, -0.25) is 19.3 Å². The number of H-pyrrole nitrogens is 2. The molecule has 0 radical (unpaired) electrons. The van der Waals surface area contributed by atoms with E-state index in [4.69, 9.17) is 25.5 Å². The number of nitrogens with zero attached hydrogens (tertiary/aromatic N) is 2. The fraction of sp³-hybridized carbons (Fsp3) is 0.731. The lowest BCUT2D eigenvalue weighted by Crippen LogP contribution is -2.49. The summed E-state index contributed by atoms with van der Waals surface area (Å²) < 4.78 is 35.9. The van der Waals surface area contributed by atoms with E-state index in [9.17, 15) is 14.7 Å². The first-order chi connectivity index (χ1) is 18.9. The number of nitrogens with one attached hydrogen (secondary N) is 2. The number of allylic oxidation sites excluding steroid dienone is 1. The molecule has 2 aliphatic rings. The molecule has 2 unspecified atom stereocenters. The molecule has 0 amide bonds. The van der Waals surface area contributed by atoms with E-state index < -0.39 is 61.2 Å². The van der Waals surface area contributed by atoms with Crippen molar-refractivity contribution in [2.45, 2.75) is 107 Å². The molecule has 1 aliphatic carbocycles. The van der Waals surface area contributed by atoms with Crippen LogP contribution >= 0.6 is 17.5 Å². The van der Waals surface area contributed by atoms with Crippen LogP contribution in [0.25, 0.3) is 11.2 Å². The normalized spacial score (nSPS) is 31.5. The van der Waals surface area contributed by atoms with Crippen LogP contribution in [0.3, 0.4) is 0 Å². The minimum absolute atomic E-state index is 0.0112. The molecule has 8 atom stereocenters. The number of hydrogen-bond donors (Lipinski definition) is 3. The number of ether oxygens (including phenoxy) is 1. The van der Waals surface area contributed by atoms with Crippen LogP contribution in [-0.4, -0.2) is 68.8 Å². The van der Waals surface area contributed by atoms with Crippen molar-refractivity contribution >= 4 is 48.8 Å². The number of fused-ring (bicyclic) bond motifs is 1. The average Bonchev–Trinajstić information content (AvgIpc) is 3.39. The first-order valence-corrected chi connectivity index (χ1v) is 20.3. The molecule has 3 heterocycles. The molecule has 15 heteroatoms. The van der Waals surface area contributed by atoms with Crippen LogP contribution in [0.2, 0.25) is 18.1 Å². The number of aliphatic hydroxyl groups is 1. The van der Waals surface area contributed by atoms with E-state index in [1.165, 1.54) is 22.3 Å². The molecular formula is C26H41FN4O6PS2Si+. The molecule has 4 rings (SSSR count). The first-order valence-electron chi connectivity index (χ1n) is 13.7. The number of imidazole rings is 1. The van der Waals surface area contributed by atoms with E-state index in [0.717, 1.165) is 18.4 Å². The quantitative estimate of drug-likeness (QED) is 0.194. The highest BCUT2D eigenvalue weighted by Crippen LogP contribution is 2.55. The van der Waals surface area contributed by atoms with E-state index in [1.54, 1.807) is 0 Å². The van der Waals surface area contributed by atoms with Crippen LogP contribution in [0.5, 0.6) is 0 Å². The lowest BCUT2D eigenvalue weighted by atomic mass is 9.77. The second-order valence-corrected chi connectivity index (χ2v) is 22.7. The maximum atomic E-state index is 16.2. The molecule has 41 heavy (non-hydrogen) atoms. The fourth-order valence-corrected chi connectivity index (χ4v) is 11.1. The lowest BCUT2D eigenvalue weighted by Gasteiger charge is -2.39. The van der Waals surface area contributed by atoms with Crippen molar-refractivity contribution < 1.29 is 23.2 Å². The first kappa shape index (κ1) is 32.7. The number of aliphatic hydroxyl groups excluding tert-OH is 1. The molecule has 2 fully saturated rings. The zero-order valence-electron chi connectivity index (χ0n) is 24.6. The second-order valence-electron chi connectivity index (χ2n) is 12.9. The summed E-state index contributed by atoms with van der Waals surface area (Å²) in [6.07, 6.45) is -2.99. The highest BCUT2D eigenvalue weighted by molar-refractivity contribution is 8.63. The Balaban J connectivity index is 1.54. The van der Waals surface area contributed by atoms with Crippen molar-refractivity contribution in [3.8, 4) is 0 Å². The number of rotatable bonds is 9. The molecule has 0 aromatic carbocycles. The Kier molecular flexibility index (Phi) is 9.58. The number of hydrogen-bond acceptors (Lipinski definition) is 9. The maximum Gasteiger partial charge on any atom is 0.415 e. The fourth-order valence-electron chi connectivity index (χ4n) is 5.00. The summed E-state index contributed by atoms with van der Waals surface area (Å²) in [6.45, 7) is 18.3. The zero-order valence-corrected chi connectivity index (χ0v) is 28.1. The molecule has 1 saturated carbocycles. The van der Waals surface area contributed by atoms with Crippen molar-refractivity contribution in [3.05, 3.63) is 39.3 Å². The number of aromatic nitrogens is 4. The lowest BCUT2D eigenvalue weighted by molar-refractivity contribution is -0.0377. The highest BCUT2D eigenvalue weighted by atomic mass is 32.9. The minimum atomic E-state index is -2.45. The summed E-state index contributed by atoms with van der Waals surface area (Å²) in [5.74, 6) is 0.291. The van der Waals surface area contributed by atoms with E-state index in [0.29, 0.717) is 12.3 Å². The summed E-state index contributed by atoms with van der Waals surface area (Å²) in [6, 6.07) is 0. The third-order valence-electron chi connectivity index (χ3n) is 8.77. The van der Waals surface area contributed by atoms with E-state index in [2.05, 4.69) is 42.3 Å². The van der Waals surface area contributed by atoms with Gasteiger partial charge in [-0.15, -0.1) is 0 Å². The van der Waals surface area contributed by atoms with E-state index in [1.807, 2.05) is 26.9 Å². The molecule has 2 aromatic rings. The molecule has 3 N–H and O–H groups in total. The van der Waals surface area contributed by atoms with Crippen molar-refractivity contribution in [1.82, 2.24) is 19.5 Å². The highest BCUT2D eigenvalue weighted by Gasteiger charge is 2.53. The van der Waals surface area contributed by atoms with Gasteiger partial charge in [-0.25, -0.2) is 14.2 Å². The van der Waals surface area contributed by atoms with Gasteiger partial charge in [0.15, 0.2) is 26.2 Å². The van der Waals surface area contributed by atoms with Crippen molar-refractivity contribution in [1.29, 1.82) is 0 Å². The van der Waals surface area contributed by atoms with Crippen LogP contribution in [0.4, 0.5) is 4.39 Å². The van der Waals surface area contributed by atoms with Gasteiger partial charge in [-0.2, -0.15) is 4.52 Å². The third-order valence-corrected chi connectivity index (χ3v) is 17.6. The Hall–Kier alpha value is -1.25. The zero-order chi connectivity index (χ0) is 30.5. The standard InChI is InChI=1S/C26H40FN4O6PS2Si/c1-14(2)15-9-10-26(6,17(32)11-15)40-38(39)35-12-16-20(37-41(7,8)25(3,4)5)18(27)23(36-16)31-13-28-19-21(31)29-24(34)30-22(19)33/h13,15-18,20,23,32H,1,9-12H2,2-8H3,(H-,29,30,33,34)/p+1/t15-,16-,17+,18-,20?,23-,26+/m1/s1. The monoisotopic (exact) mass is 647 g/mol. The van der Waals surface area contributed by atoms with Gasteiger partial charge in [-0.1, -0.05) is 32.9 Å². The molecular weight excluding hydrogens is 607 g/mol. The van der Waals surface area contributed by atoms with Crippen LogP contribution in [0, 0.1) is 5.92 Å². The molecule has 10 nitrogen and oxygen atoms in total. The summed E-state index contributed by atoms with van der Waals surface area (Å²) in [5, 5.41) is 10.7. The maximum absolute atomic E-state index is 16.2. The molecule has 228 valence electrons. The second kappa shape index (κ2) is 12.0. The Labute approximate surface area is 250 Å². The SMILES string of the molecule is C=C(C)[C@@H]1CC[C@](C)(S[P+](=S)OC[C@H]2O[C@@H](n3cnc4c(=O)[nH]c(=O)[nH]c43)[C@H](F)C2O[Si](C)(C)C(C)(C)C)[C@@H](O)C1. The summed E-state index contributed by atoms with van der Waals surface area (Å²) in [7, 11) is -2.45. The number of alkyl halides is 1. The number of aromatic amines is 2. The van der Waals surface area contributed by atoms with Gasteiger partial charge in [0.05, 0.1) is 17.2 Å². The Morgan fingerprint density at radius 1 is 1.41 bits per heavy atom. The van der Waals surface area contributed by atoms with Crippen molar-refractivity contribution in [2.75, 3.05) is 6.61 Å². The summed E-state index contributed by atoms with van der Waals surface area (Å²) in [4.78, 5) is 32.9. The van der Waals surface area contributed by atoms with Crippen LogP contribution in [0.15, 0.2) is 28.1 Å². The van der Waals surface area contributed by atoms with Gasteiger partial charge < -0.3 is 14.3 Å². The molecule has 1 aliphatic heterocycles. The van der Waals surface area contributed by atoms with Crippen LogP contribution in [0.1, 0.15) is 60.1 Å². The largest absolute Gasteiger partial charge is 0.415 e. The number of halogens is 1. The molecule has 0 bridgehead atoms. The molecule has 0 spiro atoms. The van der Waals surface area contributed by atoms with Crippen molar-refractivity contribution in [2.24, 2.45) is 5.92 Å². The van der Waals surface area contributed by atoms with E-state index in [-0.39, 0.29) is 22.8 Å². The van der Waals surface area contributed by atoms with Crippen LogP contribution in [-0.2, 0) is 25.5 Å². The molecule has 1 saturated heterocycles. The minimum Gasteiger partial charge on any atom is -0.408 e. The molecule has 2 aromatic heterocycles. The smallest absolute Gasteiger partial charge is 0.408 e. The van der Waals surface area contributed by atoms with Crippen molar-refractivity contribution in [3.63, 3.8) is 0 Å². The summed E-state index contributed by atoms with van der Waals surface area (Å²) in [5.41, 5.74) is -0.290. The summed E-state index contributed by atoms with van der Waals surface area (Å²) >= 11 is 7.15. The van der Waals surface area contributed by atoms with Gasteiger partial charge in [0, 0.05) is 0 Å². The Morgan fingerprint density at radius 3 is 2.71 bits per heavy atom. The van der Waals surface area contributed by atoms with Gasteiger partial charge in [0.1, 0.15) is 35.8 Å². The topological polar surface area (TPSA) is 131 Å². The van der Waals surface area contributed by atoms with Gasteiger partial charge in [0.2, 0.25) is 11.8 Å². The third kappa shape index (κ3) is 6.80. The Bertz CT molecular complexity index is 1430. The van der Waals surface area contributed by atoms with Gasteiger partial charge in [0.25, 0.3) is 5.56 Å². The van der Waals surface area contributed by atoms with Gasteiger partial charge in [-0.05, 0) is 57.2 Å².